The summed E-state index contributed by atoms with van der Waals surface area (Å²) in [5.74, 6) is -0.541. The van der Waals surface area contributed by atoms with Crippen LogP contribution >= 0.6 is 0 Å². The first-order valence-electron chi connectivity index (χ1n) is 8.40. The van der Waals surface area contributed by atoms with Gasteiger partial charge in [-0.25, -0.2) is 0 Å². The summed E-state index contributed by atoms with van der Waals surface area (Å²) in [5, 5.41) is 0.908. The number of ether oxygens (including phenoxy) is 1. The van der Waals surface area contributed by atoms with Crippen LogP contribution in [0.15, 0.2) is 52.9 Å². The van der Waals surface area contributed by atoms with Crippen LogP contribution in [0, 0.1) is 13.8 Å². The molecular formula is C21H21NO4. The van der Waals surface area contributed by atoms with Crippen molar-refractivity contribution in [1.29, 1.82) is 0 Å². The molecule has 1 aromatic heterocycles. The van der Waals surface area contributed by atoms with Crippen LogP contribution in [-0.4, -0.2) is 30.4 Å². The highest BCUT2D eigenvalue weighted by Gasteiger charge is 2.26. The fourth-order valence-corrected chi connectivity index (χ4v) is 2.96. The van der Waals surface area contributed by atoms with Gasteiger partial charge in [0.15, 0.2) is 5.76 Å². The summed E-state index contributed by atoms with van der Waals surface area (Å²) in [6.07, 6.45) is 0. The number of furan rings is 1. The van der Waals surface area contributed by atoms with Crippen molar-refractivity contribution in [3.8, 4) is 0 Å². The number of carbonyl (C=O) groups is 2. The van der Waals surface area contributed by atoms with E-state index in [-0.39, 0.29) is 18.2 Å². The third-order valence-electron chi connectivity index (χ3n) is 4.41. The largest absolute Gasteiger partial charge is 0.468 e. The Bertz CT molecular complexity index is 943. The van der Waals surface area contributed by atoms with E-state index in [0.29, 0.717) is 12.1 Å². The lowest BCUT2D eigenvalue weighted by atomic mass is 10.1. The third-order valence-corrected chi connectivity index (χ3v) is 4.41. The van der Waals surface area contributed by atoms with Crippen LogP contribution in [0.3, 0.4) is 0 Å². The number of aryl methyl sites for hydroxylation is 2. The van der Waals surface area contributed by atoms with E-state index < -0.39 is 5.97 Å². The number of hydrogen-bond acceptors (Lipinski definition) is 4. The van der Waals surface area contributed by atoms with Crippen LogP contribution < -0.4 is 0 Å². The van der Waals surface area contributed by atoms with E-state index >= 15 is 0 Å². The van der Waals surface area contributed by atoms with Crippen molar-refractivity contribution in [2.24, 2.45) is 0 Å². The maximum atomic E-state index is 13.1. The molecule has 0 saturated heterocycles. The first-order chi connectivity index (χ1) is 12.5. The lowest BCUT2D eigenvalue weighted by Crippen LogP contribution is -2.35. The Morgan fingerprint density at radius 1 is 1.04 bits per heavy atom. The molecule has 0 bridgehead atoms. The Kier molecular flexibility index (Phi) is 5.07. The van der Waals surface area contributed by atoms with Crippen molar-refractivity contribution < 1.29 is 18.7 Å². The minimum atomic E-state index is -0.473. The molecule has 5 nitrogen and oxygen atoms in total. The predicted octanol–water partition coefficient (Wildman–Crippen LogP) is 3.87. The van der Waals surface area contributed by atoms with Gasteiger partial charge in [-0.1, -0.05) is 48.5 Å². The molecule has 0 unspecified atom stereocenters. The van der Waals surface area contributed by atoms with Gasteiger partial charge in [-0.05, 0) is 25.0 Å². The molecule has 26 heavy (non-hydrogen) atoms. The highest BCUT2D eigenvalue weighted by Crippen LogP contribution is 2.28. The maximum Gasteiger partial charge on any atom is 0.325 e. The average Bonchev–Trinajstić information content (AvgIpc) is 2.99. The lowest BCUT2D eigenvalue weighted by Gasteiger charge is -2.20. The average molecular weight is 351 g/mol. The van der Waals surface area contributed by atoms with E-state index in [1.54, 1.807) is 0 Å². The fraction of sp³-hybridized carbons (Fsp3) is 0.238. The van der Waals surface area contributed by atoms with E-state index in [0.717, 1.165) is 22.1 Å². The van der Waals surface area contributed by atoms with Crippen molar-refractivity contribution >= 4 is 22.8 Å². The molecule has 1 amide bonds. The molecule has 0 saturated carbocycles. The summed E-state index contributed by atoms with van der Waals surface area (Å²) in [5.41, 5.74) is 3.37. The van der Waals surface area contributed by atoms with Gasteiger partial charge >= 0.3 is 5.97 Å². The summed E-state index contributed by atoms with van der Waals surface area (Å²) in [7, 11) is 1.31. The Morgan fingerprint density at radius 3 is 2.42 bits per heavy atom. The summed E-state index contributed by atoms with van der Waals surface area (Å²) in [6.45, 7) is 3.96. The van der Waals surface area contributed by atoms with Gasteiger partial charge in [0, 0.05) is 17.5 Å². The molecule has 3 rings (SSSR count). The van der Waals surface area contributed by atoms with Crippen molar-refractivity contribution in [3.63, 3.8) is 0 Å². The van der Waals surface area contributed by atoms with Gasteiger partial charge in [0.1, 0.15) is 12.1 Å². The zero-order valence-electron chi connectivity index (χ0n) is 15.1. The van der Waals surface area contributed by atoms with Crippen molar-refractivity contribution in [1.82, 2.24) is 4.90 Å². The number of carbonyl (C=O) groups excluding carboxylic acids is 2. The fourth-order valence-electron chi connectivity index (χ4n) is 2.96. The van der Waals surface area contributed by atoms with Crippen LogP contribution in [0.1, 0.15) is 27.2 Å². The Labute approximate surface area is 152 Å². The highest BCUT2D eigenvalue weighted by atomic mass is 16.5. The molecule has 0 spiro atoms. The first kappa shape index (κ1) is 17.7. The van der Waals surface area contributed by atoms with E-state index in [1.165, 1.54) is 12.0 Å². The third kappa shape index (κ3) is 3.47. The molecule has 0 N–H and O–H groups in total. The molecule has 0 aliphatic heterocycles. The molecular weight excluding hydrogens is 330 g/mol. The number of nitrogens with zero attached hydrogens (tertiary/aromatic N) is 1. The van der Waals surface area contributed by atoms with E-state index in [1.807, 2.05) is 62.4 Å². The smallest absolute Gasteiger partial charge is 0.325 e. The predicted molar refractivity (Wildman–Crippen MR) is 98.9 cm³/mol. The second kappa shape index (κ2) is 7.44. The van der Waals surface area contributed by atoms with Gasteiger partial charge in [-0.3, -0.25) is 9.59 Å². The standard InChI is InChI=1S/C21H21NO4/c1-14-8-7-11-17-15(2)20(26-19(14)17)21(24)22(13-18(23)25-3)12-16-9-5-4-6-10-16/h4-11H,12-13H2,1-3H3. The Balaban J connectivity index is 1.98. The molecule has 5 heteroatoms. The minimum absolute atomic E-state index is 0.139. The van der Waals surface area contributed by atoms with Crippen LogP contribution in [-0.2, 0) is 16.1 Å². The number of amides is 1. The number of esters is 1. The normalized spacial score (nSPS) is 10.7. The zero-order valence-corrected chi connectivity index (χ0v) is 15.1. The number of methoxy groups -OCH3 is 1. The quantitative estimate of drug-likeness (QED) is 0.655. The van der Waals surface area contributed by atoms with Gasteiger partial charge < -0.3 is 14.1 Å². The van der Waals surface area contributed by atoms with Gasteiger partial charge in [-0.15, -0.1) is 0 Å². The van der Waals surface area contributed by atoms with Crippen molar-refractivity contribution in [2.75, 3.05) is 13.7 Å². The van der Waals surface area contributed by atoms with Crippen LogP contribution in [0.4, 0.5) is 0 Å². The summed E-state index contributed by atoms with van der Waals surface area (Å²) >= 11 is 0. The number of fused-ring (bicyclic) bond motifs is 1. The Morgan fingerprint density at radius 2 is 1.77 bits per heavy atom. The second-order valence-corrected chi connectivity index (χ2v) is 6.23. The minimum Gasteiger partial charge on any atom is -0.468 e. The monoisotopic (exact) mass is 351 g/mol. The molecule has 134 valence electrons. The summed E-state index contributed by atoms with van der Waals surface area (Å²) in [4.78, 5) is 26.4. The molecule has 2 aromatic carbocycles. The SMILES string of the molecule is COC(=O)CN(Cc1ccccc1)C(=O)c1oc2c(C)cccc2c1C. The van der Waals surface area contributed by atoms with Crippen LogP contribution in [0.5, 0.6) is 0 Å². The molecule has 0 aliphatic carbocycles. The molecule has 3 aromatic rings. The van der Waals surface area contributed by atoms with Crippen LogP contribution in [0.2, 0.25) is 0 Å². The zero-order chi connectivity index (χ0) is 18.7. The number of hydrogen-bond donors (Lipinski definition) is 0. The topological polar surface area (TPSA) is 59.8 Å². The van der Waals surface area contributed by atoms with Crippen molar-refractivity contribution in [2.45, 2.75) is 20.4 Å². The maximum absolute atomic E-state index is 13.1. The van der Waals surface area contributed by atoms with Crippen LogP contribution in [0.25, 0.3) is 11.0 Å². The number of benzene rings is 2. The summed E-state index contributed by atoms with van der Waals surface area (Å²) in [6, 6.07) is 15.3. The van der Waals surface area contributed by atoms with E-state index in [4.69, 9.17) is 9.15 Å². The number of para-hydroxylation sites is 1. The Hall–Kier alpha value is -3.08. The summed E-state index contributed by atoms with van der Waals surface area (Å²) < 4.78 is 10.6. The molecule has 1 heterocycles. The van der Waals surface area contributed by atoms with Gasteiger partial charge in [0.25, 0.3) is 5.91 Å². The highest BCUT2D eigenvalue weighted by molar-refractivity contribution is 6.00. The first-order valence-corrected chi connectivity index (χ1v) is 8.40. The van der Waals surface area contributed by atoms with Crippen molar-refractivity contribution in [3.05, 3.63) is 71.0 Å². The van der Waals surface area contributed by atoms with Gasteiger partial charge in [0.2, 0.25) is 0 Å². The molecule has 0 radical (unpaired) electrons. The number of rotatable bonds is 5. The lowest BCUT2D eigenvalue weighted by molar-refractivity contribution is -0.141. The van der Waals surface area contributed by atoms with Gasteiger partial charge in [0.05, 0.1) is 7.11 Å². The molecule has 0 atom stereocenters. The van der Waals surface area contributed by atoms with E-state index in [9.17, 15) is 9.59 Å². The molecule has 0 fully saturated rings. The second-order valence-electron chi connectivity index (χ2n) is 6.23. The van der Waals surface area contributed by atoms with E-state index in [2.05, 4.69) is 0 Å². The molecule has 0 aliphatic rings. The van der Waals surface area contributed by atoms with Gasteiger partial charge in [-0.2, -0.15) is 0 Å².